The Morgan fingerprint density at radius 3 is 2.18 bits per heavy atom. The maximum atomic E-state index is 15.1. The second-order valence-electron chi connectivity index (χ2n) is 6.77. The Balaban J connectivity index is 2.18. The van der Waals surface area contributed by atoms with Crippen molar-refractivity contribution < 1.29 is 17.6 Å². The molecule has 0 bridgehead atoms. The monoisotopic (exact) mass is 318 g/mol. The van der Waals surface area contributed by atoms with Gasteiger partial charge in [0.1, 0.15) is 5.67 Å². The van der Waals surface area contributed by atoms with Gasteiger partial charge in [-0.25, -0.2) is 4.39 Å². The van der Waals surface area contributed by atoms with E-state index in [1.54, 1.807) is 0 Å². The summed E-state index contributed by atoms with van der Waals surface area (Å²) in [7, 11) is 0. The van der Waals surface area contributed by atoms with Crippen LogP contribution in [0.2, 0.25) is 0 Å². The highest BCUT2D eigenvalue weighted by atomic mass is 19.4. The SMILES string of the molecule is CC(C)(N)CN1CCC(F)(c2ccccc2C(F)(F)F)CC1. The first-order chi connectivity index (χ1) is 10.0. The number of benzene rings is 1. The topological polar surface area (TPSA) is 29.3 Å². The molecule has 1 heterocycles. The first kappa shape index (κ1) is 17.2. The number of alkyl halides is 4. The summed E-state index contributed by atoms with van der Waals surface area (Å²) < 4.78 is 54.4. The van der Waals surface area contributed by atoms with E-state index in [-0.39, 0.29) is 18.4 Å². The molecule has 6 heteroatoms. The van der Waals surface area contributed by atoms with Crippen LogP contribution in [0.1, 0.15) is 37.8 Å². The van der Waals surface area contributed by atoms with E-state index in [0.29, 0.717) is 19.6 Å². The van der Waals surface area contributed by atoms with Crippen molar-refractivity contribution in [3.63, 3.8) is 0 Å². The van der Waals surface area contributed by atoms with Gasteiger partial charge in [0.05, 0.1) is 5.56 Å². The molecule has 0 aliphatic carbocycles. The van der Waals surface area contributed by atoms with Gasteiger partial charge in [-0.3, -0.25) is 0 Å². The third-order valence-corrected chi connectivity index (χ3v) is 3.99. The van der Waals surface area contributed by atoms with Crippen molar-refractivity contribution >= 4 is 0 Å². The molecule has 1 aromatic carbocycles. The number of nitrogens with two attached hydrogens (primary N) is 1. The predicted octanol–water partition coefficient (Wildman–Crippen LogP) is 3.70. The minimum Gasteiger partial charge on any atom is -0.324 e. The Kier molecular flexibility index (Phi) is 4.55. The van der Waals surface area contributed by atoms with E-state index in [9.17, 15) is 13.2 Å². The average molecular weight is 318 g/mol. The van der Waals surface area contributed by atoms with E-state index in [0.717, 1.165) is 6.07 Å². The zero-order chi connectivity index (χ0) is 16.6. The van der Waals surface area contributed by atoms with E-state index < -0.39 is 22.9 Å². The number of rotatable bonds is 3. The van der Waals surface area contributed by atoms with Gasteiger partial charge in [0.25, 0.3) is 0 Å². The van der Waals surface area contributed by atoms with Crippen LogP contribution in [0.25, 0.3) is 0 Å². The lowest BCUT2D eigenvalue weighted by Gasteiger charge is -2.40. The Hall–Kier alpha value is -1.14. The molecule has 2 N–H and O–H groups in total. The van der Waals surface area contributed by atoms with Crippen molar-refractivity contribution in [3.05, 3.63) is 35.4 Å². The average Bonchev–Trinajstić information content (AvgIpc) is 2.39. The van der Waals surface area contributed by atoms with Crippen LogP contribution in [0.5, 0.6) is 0 Å². The molecular formula is C16H22F4N2. The van der Waals surface area contributed by atoms with Gasteiger partial charge < -0.3 is 10.6 Å². The maximum absolute atomic E-state index is 15.1. The highest BCUT2D eigenvalue weighted by molar-refractivity contribution is 5.35. The Morgan fingerprint density at radius 1 is 1.14 bits per heavy atom. The van der Waals surface area contributed by atoms with Gasteiger partial charge in [-0.1, -0.05) is 18.2 Å². The number of likely N-dealkylation sites (tertiary alicyclic amines) is 1. The van der Waals surface area contributed by atoms with Crippen LogP contribution in [-0.2, 0) is 11.8 Å². The fraction of sp³-hybridized carbons (Fsp3) is 0.625. The van der Waals surface area contributed by atoms with Gasteiger partial charge in [0.2, 0.25) is 0 Å². The molecule has 2 rings (SSSR count). The van der Waals surface area contributed by atoms with E-state index in [2.05, 4.69) is 0 Å². The van der Waals surface area contributed by atoms with Crippen molar-refractivity contribution in [2.75, 3.05) is 19.6 Å². The fourth-order valence-corrected chi connectivity index (χ4v) is 3.03. The summed E-state index contributed by atoms with van der Waals surface area (Å²) in [5, 5.41) is 0. The summed E-state index contributed by atoms with van der Waals surface area (Å²) in [6.45, 7) is 5.17. The largest absolute Gasteiger partial charge is 0.416 e. The van der Waals surface area contributed by atoms with Crippen LogP contribution in [0.15, 0.2) is 24.3 Å². The third-order valence-electron chi connectivity index (χ3n) is 3.99. The van der Waals surface area contributed by atoms with E-state index >= 15 is 4.39 Å². The number of nitrogens with zero attached hydrogens (tertiary/aromatic N) is 1. The van der Waals surface area contributed by atoms with Gasteiger partial charge in [-0.2, -0.15) is 13.2 Å². The van der Waals surface area contributed by atoms with Gasteiger partial charge >= 0.3 is 6.18 Å². The lowest BCUT2D eigenvalue weighted by atomic mass is 9.83. The van der Waals surface area contributed by atoms with Crippen molar-refractivity contribution in [1.29, 1.82) is 0 Å². The molecule has 124 valence electrons. The fourth-order valence-electron chi connectivity index (χ4n) is 3.03. The predicted molar refractivity (Wildman–Crippen MR) is 78.2 cm³/mol. The molecule has 0 saturated carbocycles. The van der Waals surface area contributed by atoms with Crippen LogP contribution in [0.3, 0.4) is 0 Å². The lowest BCUT2D eigenvalue weighted by molar-refractivity contribution is -0.140. The molecule has 0 spiro atoms. The third kappa shape index (κ3) is 3.98. The van der Waals surface area contributed by atoms with Crippen LogP contribution in [-0.4, -0.2) is 30.1 Å². The maximum Gasteiger partial charge on any atom is 0.416 e. The highest BCUT2D eigenvalue weighted by Crippen LogP contribution is 2.43. The molecule has 0 atom stereocenters. The normalized spacial score (nSPS) is 20.1. The van der Waals surface area contributed by atoms with Crippen molar-refractivity contribution in [2.45, 2.75) is 44.1 Å². The molecule has 1 fully saturated rings. The summed E-state index contributed by atoms with van der Waals surface area (Å²) in [6.07, 6.45) is -4.43. The van der Waals surface area contributed by atoms with Gasteiger partial charge in [-0.05, 0) is 32.8 Å². The molecule has 1 aromatic rings. The summed E-state index contributed by atoms with van der Waals surface area (Å²) in [5.74, 6) is 0. The highest BCUT2D eigenvalue weighted by Gasteiger charge is 2.43. The van der Waals surface area contributed by atoms with Gasteiger partial charge in [0, 0.05) is 30.7 Å². The standard InChI is InChI=1S/C16H22F4N2/c1-14(2,21)11-22-9-7-15(17,8-10-22)12-5-3-4-6-13(12)16(18,19)20/h3-6H,7-11,21H2,1-2H3. The van der Waals surface area contributed by atoms with E-state index in [1.165, 1.54) is 18.2 Å². The number of halogens is 4. The molecular weight excluding hydrogens is 296 g/mol. The van der Waals surface area contributed by atoms with Crippen molar-refractivity contribution in [3.8, 4) is 0 Å². The van der Waals surface area contributed by atoms with Crippen LogP contribution < -0.4 is 5.73 Å². The summed E-state index contributed by atoms with van der Waals surface area (Å²) >= 11 is 0. The van der Waals surface area contributed by atoms with Crippen LogP contribution in [0.4, 0.5) is 17.6 Å². The zero-order valence-electron chi connectivity index (χ0n) is 12.9. The van der Waals surface area contributed by atoms with Crippen LogP contribution in [0, 0.1) is 0 Å². The molecule has 1 saturated heterocycles. The van der Waals surface area contributed by atoms with Gasteiger partial charge in [0.15, 0.2) is 0 Å². The minimum atomic E-state index is -4.54. The molecule has 0 unspecified atom stereocenters. The summed E-state index contributed by atoms with van der Waals surface area (Å²) in [5.41, 5.74) is 2.50. The number of hydrogen-bond acceptors (Lipinski definition) is 2. The van der Waals surface area contributed by atoms with Crippen LogP contribution >= 0.6 is 0 Å². The van der Waals surface area contributed by atoms with Gasteiger partial charge in [-0.15, -0.1) is 0 Å². The molecule has 22 heavy (non-hydrogen) atoms. The molecule has 1 aliphatic heterocycles. The number of hydrogen-bond donors (Lipinski definition) is 1. The minimum absolute atomic E-state index is 0.0518. The lowest BCUT2D eigenvalue weighted by Crippen LogP contribution is -2.50. The Labute approximate surface area is 128 Å². The van der Waals surface area contributed by atoms with E-state index in [4.69, 9.17) is 5.73 Å². The van der Waals surface area contributed by atoms with Crippen molar-refractivity contribution in [1.82, 2.24) is 4.90 Å². The molecule has 0 radical (unpaired) electrons. The zero-order valence-corrected chi connectivity index (χ0v) is 12.9. The summed E-state index contributed by atoms with van der Waals surface area (Å²) in [6, 6.07) is 4.96. The second kappa shape index (κ2) is 5.81. The quantitative estimate of drug-likeness (QED) is 0.861. The molecule has 0 aromatic heterocycles. The smallest absolute Gasteiger partial charge is 0.324 e. The van der Waals surface area contributed by atoms with Crippen molar-refractivity contribution in [2.24, 2.45) is 5.73 Å². The second-order valence-corrected chi connectivity index (χ2v) is 6.77. The molecule has 2 nitrogen and oxygen atoms in total. The molecule has 0 amide bonds. The first-order valence-electron chi connectivity index (χ1n) is 7.38. The first-order valence-corrected chi connectivity index (χ1v) is 7.38. The molecule has 1 aliphatic rings. The number of piperidine rings is 1. The van der Waals surface area contributed by atoms with E-state index in [1.807, 2.05) is 18.7 Å². The summed E-state index contributed by atoms with van der Waals surface area (Å²) in [4.78, 5) is 2.01. The Bertz CT molecular complexity index is 512. The Morgan fingerprint density at radius 2 is 1.68 bits per heavy atom.